The Labute approximate surface area is 387 Å². The predicted octanol–water partition coefficient (Wildman–Crippen LogP) is 16.5. The third-order valence-electron chi connectivity index (χ3n) is 13.4. The van der Waals surface area contributed by atoms with Crippen molar-refractivity contribution in [1.29, 1.82) is 0 Å². The molecule has 0 heterocycles. The second kappa shape index (κ2) is 45.0. The molecule has 0 aromatic carbocycles. The van der Waals surface area contributed by atoms with Gasteiger partial charge in [0.2, 0.25) is 5.91 Å². The van der Waals surface area contributed by atoms with Crippen LogP contribution in [-0.2, 0) is 28.5 Å². The maximum Gasteiger partial charge on any atom is 0.306 e. The van der Waals surface area contributed by atoms with Crippen LogP contribution in [0.1, 0.15) is 292 Å². The van der Waals surface area contributed by atoms with Gasteiger partial charge in [0.1, 0.15) is 6.10 Å². The van der Waals surface area contributed by atoms with Gasteiger partial charge in [-0.05, 0) is 65.7 Å². The molecule has 1 amide bonds. The summed E-state index contributed by atoms with van der Waals surface area (Å²) in [6.45, 7) is 15.1. The van der Waals surface area contributed by atoms with Crippen LogP contribution in [0.15, 0.2) is 0 Å². The molecule has 0 saturated heterocycles. The lowest BCUT2D eigenvalue weighted by Crippen LogP contribution is -2.33. The highest BCUT2D eigenvalue weighted by atomic mass is 16.5. The number of nitrogens with one attached hydrogen (secondary N) is 1. The van der Waals surface area contributed by atoms with E-state index in [1.54, 1.807) is 7.11 Å². The molecule has 1 atom stereocenters. The molecule has 370 valence electrons. The Hall–Kier alpha value is -1.18. The fourth-order valence-electron chi connectivity index (χ4n) is 8.30. The van der Waals surface area contributed by atoms with Crippen LogP contribution in [0.25, 0.3) is 0 Å². The molecule has 0 aliphatic rings. The van der Waals surface area contributed by atoms with Gasteiger partial charge in [0.25, 0.3) is 0 Å². The summed E-state index contributed by atoms with van der Waals surface area (Å²) in [5, 5.41) is 2.91. The zero-order valence-corrected chi connectivity index (χ0v) is 42.9. The third kappa shape index (κ3) is 42.8. The molecule has 62 heavy (non-hydrogen) atoms. The van der Waals surface area contributed by atoms with E-state index in [0.717, 1.165) is 44.9 Å². The number of unbranched alkanes of at least 4 members (excludes halogenated alkanes) is 30. The van der Waals surface area contributed by atoms with E-state index in [1.165, 1.54) is 193 Å². The van der Waals surface area contributed by atoms with Crippen molar-refractivity contribution in [2.24, 2.45) is 0 Å². The molecule has 0 saturated carbocycles. The Balaban J connectivity index is 4.37. The Kier molecular flexibility index (Phi) is 44.1. The zero-order valence-electron chi connectivity index (χ0n) is 42.9. The zero-order chi connectivity index (χ0) is 45.7. The van der Waals surface area contributed by atoms with E-state index in [2.05, 4.69) is 46.9 Å². The van der Waals surface area contributed by atoms with Gasteiger partial charge < -0.3 is 24.3 Å². The molecule has 0 aromatic heterocycles. The number of carbonyl (C=O) groups is 2. The smallest absolute Gasteiger partial charge is 0.306 e. The summed E-state index contributed by atoms with van der Waals surface area (Å²) in [6.07, 6.45) is 48.2. The molecule has 0 aliphatic heterocycles. The first-order chi connectivity index (χ1) is 30.1. The first-order valence-electron chi connectivity index (χ1n) is 27.3. The molecule has 0 radical (unpaired) electrons. The van der Waals surface area contributed by atoms with E-state index in [0.29, 0.717) is 26.4 Å². The van der Waals surface area contributed by atoms with Crippen LogP contribution < -0.4 is 5.32 Å². The lowest BCUT2D eigenvalue weighted by Gasteiger charge is -2.31. The van der Waals surface area contributed by atoms with Crippen LogP contribution >= 0.6 is 0 Å². The summed E-state index contributed by atoms with van der Waals surface area (Å²) in [4.78, 5) is 25.5. The molecular formula is C55H109NO6. The van der Waals surface area contributed by atoms with Crippen molar-refractivity contribution < 1.29 is 28.5 Å². The number of ether oxygens (including phenoxy) is 4. The van der Waals surface area contributed by atoms with Crippen LogP contribution in [0.4, 0.5) is 0 Å². The maximum absolute atomic E-state index is 12.9. The minimum absolute atomic E-state index is 0.0264. The van der Waals surface area contributed by atoms with E-state index < -0.39 is 0 Å². The second-order valence-corrected chi connectivity index (χ2v) is 19.9. The second-order valence-electron chi connectivity index (χ2n) is 19.9. The van der Waals surface area contributed by atoms with Crippen LogP contribution in [0, 0.1) is 0 Å². The highest BCUT2D eigenvalue weighted by Gasteiger charge is 2.25. The van der Waals surface area contributed by atoms with Gasteiger partial charge in [-0.1, -0.05) is 213 Å². The third-order valence-corrected chi connectivity index (χ3v) is 13.4. The van der Waals surface area contributed by atoms with Gasteiger partial charge in [-0.2, -0.15) is 0 Å². The van der Waals surface area contributed by atoms with Crippen LogP contribution in [0.2, 0.25) is 0 Å². The van der Waals surface area contributed by atoms with E-state index in [-0.39, 0.29) is 42.0 Å². The first kappa shape index (κ1) is 60.8. The number of hydrogen-bond acceptors (Lipinski definition) is 6. The summed E-state index contributed by atoms with van der Waals surface area (Å²) >= 11 is 0. The van der Waals surface area contributed by atoms with Gasteiger partial charge in [-0.3, -0.25) is 9.59 Å². The standard InChI is InChI=1S/C55H109NO6/c1-8-11-13-15-17-19-21-23-25-27-29-31-33-35-37-39-41-51(42-40-38-36-34-32-30-28-26-24-22-20-18-16-14-12-9-2)62-53(58)44-43-52(57)56-47-50-60-48-46-55(6,10-3)61-49-45-54(4,5)59-7/h51H,8-50H2,1-7H3,(H,56,57). The van der Waals surface area contributed by atoms with E-state index >= 15 is 0 Å². The Morgan fingerprint density at radius 3 is 1.24 bits per heavy atom. The SMILES string of the molecule is CCCCCCCCCCCCCCCCCCC(CCCCCCCCCCCCCCCCCC)OC(=O)CCC(=O)NCCOCCC(C)(CC)OCCC(C)(C)OC. The molecule has 0 aliphatic carbocycles. The monoisotopic (exact) mass is 880 g/mol. The van der Waals surface area contributed by atoms with E-state index in [1.807, 2.05) is 0 Å². The van der Waals surface area contributed by atoms with Gasteiger partial charge in [0, 0.05) is 26.7 Å². The normalized spacial score (nSPS) is 12.9. The molecule has 0 fully saturated rings. The molecule has 0 aromatic rings. The Bertz CT molecular complexity index is 922. The van der Waals surface area contributed by atoms with Crippen molar-refractivity contribution in [3.63, 3.8) is 0 Å². The van der Waals surface area contributed by atoms with Gasteiger partial charge >= 0.3 is 5.97 Å². The van der Waals surface area contributed by atoms with Gasteiger partial charge in [0.05, 0.1) is 30.8 Å². The largest absolute Gasteiger partial charge is 0.462 e. The van der Waals surface area contributed by atoms with Gasteiger partial charge in [-0.15, -0.1) is 0 Å². The molecular weight excluding hydrogens is 771 g/mol. The predicted molar refractivity (Wildman–Crippen MR) is 266 cm³/mol. The molecule has 0 spiro atoms. The van der Waals surface area contributed by atoms with Crippen LogP contribution in [-0.4, -0.2) is 62.7 Å². The van der Waals surface area contributed by atoms with E-state index in [9.17, 15) is 9.59 Å². The van der Waals surface area contributed by atoms with Crippen LogP contribution in [0.3, 0.4) is 0 Å². The van der Waals surface area contributed by atoms with Crippen molar-refractivity contribution in [3.8, 4) is 0 Å². The number of methoxy groups -OCH3 is 1. The lowest BCUT2D eigenvalue weighted by atomic mass is 9.99. The fraction of sp³-hybridized carbons (Fsp3) is 0.964. The number of amides is 1. The number of carbonyl (C=O) groups excluding carboxylic acids is 2. The average Bonchev–Trinajstić information content (AvgIpc) is 3.26. The van der Waals surface area contributed by atoms with Crippen molar-refractivity contribution in [1.82, 2.24) is 5.32 Å². The summed E-state index contributed by atoms with van der Waals surface area (Å²) in [6, 6.07) is 0. The molecule has 0 rings (SSSR count). The Morgan fingerprint density at radius 2 is 0.871 bits per heavy atom. The number of rotatable bonds is 50. The highest BCUT2D eigenvalue weighted by Crippen LogP contribution is 2.23. The minimum Gasteiger partial charge on any atom is -0.462 e. The number of esters is 1. The molecule has 0 bridgehead atoms. The summed E-state index contributed by atoms with van der Waals surface area (Å²) in [5.74, 6) is -0.359. The van der Waals surface area contributed by atoms with Crippen LogP contribution in [0.5, 0.6) is 0 Å². The van der Waals surface area contributed by atoms with Crippen molar-refractivity contribution in [2.75, 3.05) is 33.5 Å². The molecule has 7 nitrogen and oxygen atoms in total. The minimum atomic E-state index is -0.247. The highest BCUT2D eigenvalue weighted by molar-refractivity contribution is 5.81. The topological polar surface area (TPSA) is 83.1 Å². The Morgan fingerprint density at radius 1 is 0.484 bits per heavy atom. The van der Waals surface area contributed by atoms with Crippen molar-refractivity contribution in [3.05, 3.63) is 0 Å². The molecule has 1 unspecified atom stereocenters. The number of hydrogen-bond donors (Lipinski definition) is 1. The molecule has 1 N–H and O–H groups in total. The fourth-order valence-corrected chi connectivity index (χ4v) is 8.30. The maximum atomic E-state index is 12.9. The van der Waals surface area contributed by atoms with Crippen molar-refractivity contribution >= 4 is 11.9 Å². The quantitative estimate of drug-likeness (QED) is 0.0484. The first-order valence-corrected chi connectivity index (χ1v) is 27.3. The van der Waals surface area contributed by atoms with Crippen molar-refractivity contribution in [2.45, 2.75) is 309 Å². The summed E-state index contributed by atoms with van der Waals surface area (Å²) < 4.78 is 23.6. The average molecular weight is 880 g/mol. The van der Waals surface area contributed by atoms with Gasteiger partial charge in [-0.25, -0.2) is 0 Å². The summed E-state index contributed by atoms with van der Waals surface area (Å²) in [7, 11) is 1.74. The molecule has 7 heteroatoms. The summed E-state index contributed by atoms with van der Waals surface area (Å²) in [5.41, 5.74) is -0.443. The van der Waals surface area contributed by atoms with E-state index in [4.69, 9.17) is 18.9 Å². The lowest BCUT2D eigenvalue weighted by molar-refractivity contribution is -0.151. The van der Waals surface area contributed by atoms with Gasteiger partial charge in [0.15, 0.2) is 0 Å².